The van der Waals surface area contributed by atoms with E-state index in [-0.39, 0.29) is 12.1 Å². The first-order valence-electron chi connectivity index (χ1n) is 9.90. The number of anilines is 2. The van der Waals surface area contributed by atoms with Crippen molar-refractivity contribution < 1.29 is 4.55 Å². The average molecular weight is 418 g/mol. The third kappa shape index (κ3) is 3.56. The lowest BCUT2D eigenvalue weighted by Gasteiger charge is -2.32. The molecule has 5 rings (SSSR count). The molecule has 1 aliphatic carbocycles. The van der Waals surface area contributed by atoms with Gasteiger partial charge in [0.05, 0.1) is 0 Å². The normalized spacial score (nSPS) is 27.0. The van der Waals surface area contributed by atoms with Gasteiger partial charge in [-0.1, -0.05) is 23.7 Å². The summed E-state index contributed by atoms with van der Waals surface area (Å²) in [4.78, 5) is 12.6. The SMILES string of the molecule is N[C@H]1CC1Nc1nc(N2CCC(c3ccc(Cl)cc3)CC2)nc2c1[S+]([O-])CC2. The van der Waals surface area contributed by atoms with Gasteiger partial charge in [0.25, 0.3) is 0 Å². The molecule has 2 aromatic rings. The van der Waals surface area contributed by atoms with Crippen molar-refractivity contribution in [1.82, 2.24) is 9.97 Å². The number of piperidine rings is 1. The number of halogens is 1. The van der Waals surface area contributed by atoms with E-state index in [9.17, 15) is 4.55 Å². The van der Waals surface area contributed by atoms with Crippen LogP contribution in [0.1, 0.15) is 36.4 Å². The first-order chi connectivity index (χ1) is 13.6. The van der Waals surface area contributed by atoms with Crippen molar-refractivity contribution in [2.45, 2.75) is 48.6 Å². The number of rotatable bonds is 4. The van der Waals surface area contributed by atoms with Gasteiger partial charge >= 0.3 is 0 Å². The monoisotopic (exact) mass is 417 g/mol. The van der Waals surface area contributed by atoms with E-state index in [2.05, 4.69) is 22.3 Å². The lowest BCUT2D eigenvalue weighted by Crippen LogP contribution is -2.34. The molecule has 2 unspecified atom stereocenters. The van der Waals surface area contributed by atoms with Crippen LogP contribution in [0.2, 0.25) is 5.02 Å². The zero-order valence-corrected chi connectivity index (χ0v) is 17.2. The summed E-state index contributed by atoms with van der Waals surface area (Å²) < 4.78 is 12.4. The van der Waals surface area contributed by atoms with Gasteiger partial charge in [-0.2, -0.15) is 4.98 Å². The molecule has 1 saturated heterocycles. The Balaban J connectivity index is 1.34. The number of nitrogens with one attached hydrogen (secondary N) is 1. The quantitative estimate of drug-likeness (QED) is 0.743. The van der Waals surface area contributed by atoms with Crippen molar-refractivity contribution in [2.75, 3.05) is 29.1 Å². The fraction of sp³-hybridized carbons (Fsp3) is 0.500. The van der Waals surface area contributed by atoms with E-state index in [0.717, 1.165) is 66.2 Å². The van der Waals surface area contributed by atoms with E-state index in [1.807, 2.05) is 12.1 Å². The molecule has 3 atom stereocenters. The van der Waals surface area contributed by atoms with Gasteiger partial charge in [0.15, 0.2) is 5.82 Å². The van der Waals surface area contributed by atoms with E-state index >= 15 is 0 Å². The Hall–Kier alpha value is -1.54. The van der Waals surface area contributed by atoms with Crippen LogP contribution in [0.3, 0.4) is 0 Å². The molecule has 3 aliphatic rings. The molecular formula is C20H24ClN5OS. The third-order valence-electron chi connectivity index (χ3n) is 5.96. The molecule has 28 heavy (non-hydrogen) atoms. The predicted molar refractivity (Wildman–Crippen MR) is 113 cm³/mol. The summed E-state index contributed by atoms with van der Waals surface area (Å²) in [5, 5.41) is 4.19. The van der Waals surface area contributed by atoms with Crippen LogP contribution in [0.4, 0.5) is 11.8 Å². The van der Waals surface area contributed by atoms with E-state index in [1.165, 1.54) is 5.56 Å². The Bertz CT molecular complexity index is 872. The largest absolute Gasteiger partial charge is 0.611 e. The van der Waals surface area contributed by atoms with Gasteiger partial charge in [-0.15, -0.1) is 0 Å². The summed E-state index contributed by atoms with van der Waals surface area (Å²) >= 11 is 5.00. The maximum absolute atomic E-state index is 12.4. The number of nitrogens with two attached hydrogens (primary N) is 1. The van der Waals surface area contributed by atoms with Gasteiger partial charge in [-0.25, -0.2) is 4.98 Å². The van der Waals surface area contributed by atoms with Gasteiger partial charge in [-0.05, 0) is 54.1 Å². The van der Waals surface area contributed by atoms with Crippen LogP contribution in [0.25, 0.3) is 0 Å². The topological polar surface area (TPSA) is 90.1 Å². The molecule has 1 aromatic heterocycles. The molecule has 8 heteroatoms. The summed E-state index contributed by atoms with van der Waals surface area (Å²) in [6.07, 6.45) is 3.81. The standard InChI is InChI=1S/C20H24ClN5OS/c21-14-3-1-12(2-4-14)13-5-8-26(9-6-13)20-24-16-7-10-28(27)18(16)19(25-20)23-17-11-15(17)22/h1-4,13,15,17H,5-11,22H2,(H,23,24,25)/t15-,17?,28?/m0/s1. The maximum atomic E-state index is 12.4. The molecule has 0 bridgehead atoms. The first-order valence-corrected chi connectivity index (χ1v) is 11.6. The second kappa shape index (κ2) is 7.37. The summed E-state index contributed by atoms with van der Waals surface area (Å²) in [5.41, 5.74) is 8.23. The van der Waals surface area contributed by atoms with Crippen molar-refractivity contribution in [3.8, 4) is 0 Å². The summed E-state index contributed by atoms with van der Waals surface area (Å²) in [7, 11) is 0. The Kier molecular flexibility index (Phi) is 4.87. The number of hydrogen-bond acceptors (Lipinski definition) is 6. The number of nitrogens with zero attached hydrogens (tertiary/aromatic N) is 3. The number of fused-ring (bicyclic) bond motifs is 1. The molecule has 1 aromatic carbocycles. The summed E-state index contributed by atoms with van der Waals surface area (Å²) in [6.45, 7) is 1.83. The molecule has 3 heterocycles. The molecule has 0 spiro atoms. The van der Waals surface area contributed by atoms with Crippen LogP contribution in [0.5, 0.6) is 0 Å². The van der Waals surface area contributed by atoms with Crippen molar-refractivity contribution in [2.24, 2.45) is 5.73 Å². The van der Waals surface area contributed by atoms with Crippen molar-refractivity contribution in [3.05, 3.63) is 40.5 Å². The van der Waals surface area contributed by atoms with E-state index < -0.39 is 11.2 Å². The number of aryl methyl sites for hydroxylation is 1. The Morgan fingerprint density at radius 1 is 1.18 bits per heavy atom. The fourth-order valence-corrected chi connectivity index (χ4v) is 5.57. The van der Waals surface area contributed by atoms with Crippen LogP contribution in [0, 0.1) is 0 Å². The molecule has 6 nitrogen and oxygen atoms in total. The highest BCUT2D eigenvalue weighted by Crippen LogP contribution is 2.36. The molecule has 0 amide bonds. The van der Waals surface area contributed by atoms with Crippen LogP contribution in [-0.2, 0) is 17.6 Å². The van der Waals surface area contributed by atoms with E-state index in [0.29, 0.717) is 11.7 Å². The van der Waals surface area contributed by atoms with Gasteiger partial charge in [0, 0.05) is 36.6 Å². The second-order valence-corrected chi connectivity index (χ2v) is 9.85. The van der Waals surface area contributed by atoms with Crippen molar-refractivity contribution in [3.63, 3.8) is 0 Å². The minimum Gasteiger partial charge on any atom is -0.611 e. The summed E-state index contributed by atoms with van der Waals surface area (Å²) in [5.74, 6) is 2.66. The smallest absolute Gasteiger partial charge is 0.227 e. The molecule has 0 radical (unpaired) electrons. The number of hydrogen-bond donors (Lipinski definition) is 2. The Morgan fingerprint density at radius 2 is 1.89 bits per heavy atom. The Morgan fingerprint density at radius 3 is 2.57 bits per heavy atom. The zero-order chi connectivity index (χ0) is 19.3. The highest BCUT2D eigenvalue weighted by molar-refractivity contribution is 7.91. The van der Waals surface area contributed by atoms with Gasteiger partial charge < -0.3 is 20.5 Å². The van der Waals surface area contributed by atoms with Crippen molar-refractivity contribution >= 4 is 34.5 Å². The molecular weight excluding hydrogens is 394 g/mol. The third-order valence-corrected chi connectivity index (χ3v) is 7.67. The zero-order valence-electron chi connectivity index (χ0n) is 15.6. The number of aromatic nitrogens is 2. The minimum absolute atomic E-state index is 0.166. The highest BCUT2D eigenvalue weighted by atomic mass is 35.5. The molecule has 148 valence electrons. The molecule has 2 aliphatic heterocycles. The van der Waals surface area contributed by atoms with Crippen LogP contribution >= 0.6 is 11.6 Å². The van der Waals surface area contributed by atoms with Crippen LogP contribution < -0.4 is 16.0 Å². The molecule has 1 saturated carbocycles. The van der Waals surface area contributed by atoms with Crippen molar-refractivity contribution in [1.29, 1.82) is 0 Å². The lowest BCUT2D eigenvalue weighted by molar-refractivity contribution is 0.499. The first kappa shape index (κ1) is 18.5. The predicted octanol–water partition coefficient (Wildman–Crippen LogP) is 2.69. The second-order valence-electron chi connectivity index (χ2n) is 7.91. The minimum atomic E-state index is -1.01. The fourth-order valence-electron chi connectivity index (χ4n) is 4.13. The lowest BCUT2D eigenvalue weighted by atomic mass is 9.89. The Labute approximate surface area is 173 Å². The van der Waals surface area contributed by atoms with Crippen LogP contribution in [-0.4, -0.2) is 45.4 Å². The van der Waals surface area contributed by atoms with Crippen LogP contribution in [0.15, 0.2) is 29.2 Å². The van der Waals surface area contributed by atoms with Gasteiger partial charge in [0.1, 0.15) is 11.4 Å². The highest BCUT2D eigenvalue weighted by Gasteiger charge is 2.39. The molecule has 2 fully saturated rings. The number of benzene rings is 1. The van der Waals surface area contributed by atoms with E-state index in [1.54, 1.807) is 0 Å². The summed E-state index contributed by atoms with van der Waals surface area (Å²) in [6, 6.07) is 8.59. The van der Waals surface area contributed by atoms with Gasteiger partial charge in [0.2, 0.25) is 10.8 Å². The van der Waals surface area contributed by atoms with E-state index in [4.69, 9.17) is 27.3 Å². The average Bonchev–Trinajstić information content (AvgIpc) is 3.26. The van der Waals surface area contributed by atoms with Gasteiger partial charge in [-0.3, -0.25) is 0 Å². The maximum Gasteiger partial charge on any atom is 0.227 e. The molecule has 3 N–H and O–H groups in total.